The Morgan fingerprint density at radius 2 is 2.33 bits per heavy atom. The van der Waals surface area contributed by atoms with Crippen LogP contribution in [0.2, 0.25) is 0 Å². The summed E-state index contributed by atoms with van der Waals surface area (Å²) in [5.41, 5.74) is -0.647. The molecular weight excluding hydrogens is 192 g/mol. The highest BCUT2D eigenvalue weighted by Gasteiger charge is 2.22. The highest BCUT2D eigenvalue weighted by atomic mass is 16.2. The van der Waals surface area contributed by atoms with Gasteiger partial charge in [-0.15, -0.1) is 6.42 Å². The molecule has 5 heteroatoms. The average Bonchev–Trinajstić information content (AvgIpc) is 2.68. The predicted octanol–water partition coefficient (Wildman–Crippen LogP) is 0.367. The van der Waals surface area contributed by atoms with E-state index in [2.05, 4.69) is 21.3 Å². The standard InChI is InChI=1S/C10H14N4O/c1-5-10(3,4)13-9(15)8(2)14-7-11-6-12-14/h1,6-8H,2-4H3,(H,13,15). The van der Waals surface area contributed by atoms with Gasteiger partial charge in [-0.1, -0.05) is 5.92 Å². The van der Waals surface area contributed by atoms with Gasteiger partial charge in [0.15, 0.2) is 0 Å². The van der Waals surface area contributed by atoms with E-state index in [1.807, 2.05) is 0 Å². The minimum absolute atomic E-state index is 0.177. The molecule has 0 fully saturated rings. The number of rotatable bonds is 3. The van der Waals surface area contributed by atoms with Gasteiger partial charge in [-0.2, -0.15) is 5.10 Å². The number of nitrogens with zero attached hydrogens (tertiary/aromatic N) is 3. The van der Waals surface area contributed by atoms with E-state index in [0.717, 1.165) is 0 Å². The Kier molecular flexibility index (Phi) is 3.10. The molecule has 0 radical (unpaired) electrons. The Balaban J connectivity index is 2.67. The van der Waals surface area contributed by atoms with Crippen molar-refractivity contribution in [2.24, 2.45) is 0 Å². The zero-order valence-electron chi connectivity index (χ0n) is 9.06. The molecule has 0 aromatic carbocycles. The summed E-state index contributed by atoms with van der Waals surface area (Å²) in [6, 6.07) is -0.417. The van der Waals surface area contributed by atoms with Gasteiger partial charge in [0, 0.05) is 0 Å². The first-order chi connectivity index (χ1) is 6.96. The molecule has 0 saturated heterocycles. The van der Waals surface area contributed by atoms with Crippen molar-refractivity contribution in [3.8, 4) is 12.3 Å². The van der Waals surface area contributed by atoms with Crippen LogP contribution in [-0.4, -0.2) is 26.2 Å². The molecule has 1 atom stereocenters. The molecule has 1 rings (SSSR count). The second-order valence-corrected chi connectivity index (χ2v) is 3.81. The van der Waals surface area contributed by atoms with Crippen molar-refractivity contribution in [2.45, 2.75) is 32.4 Å². The highest BCUT2D eigenvalue weighted by Crippen LogP contribution is 2.06. The molecule has 0 aliphatic rings. The first-order valence-corrected chi connectivity index (χ1v) is 4.60. The average molecular weight is 206 g/mol. The fourth-order valence-electron chi connectivity index (χ4n) is 0.986. The van der Waals surface area contributed by atoms with Crippen LogP contribution in [0, 0.1) is 12.3 Å². The molecule has 1 heterocycles. The van der Waals surface area contributed by atoms with Crippen molar-refractivity contribution in [3.63, 3.8) is 0 Å². The molecular formula is C10H14N4O. The summed E-state index contributed by atoms with van der Waals surface area (Å²) in [7, 11) is 0. The van der Waals surface area contributed by atoms with Crippen molar-refractivity contribution in [1.29, 1.82) is 0 Å². The number of carbonyl (C=O) groups is 1. The number of terminal acetylenes is 1. The molecule has 80 valence electrons. The maximum absolute atomic E-state index is 11.7. The molecule has 0 spiro atoms. The van der Waals surface area contributed by atoms with Gasteiger partial charge in [-0.25, -0.2) is 9.67 Å². The number of hydrogen-bond acceptors (Lipinski definition) is 3. The van der Waals surface area contributed by atoms with E-state index in [-0.39, 0.29) is 5.91 Å². The van der Waals surface area contributed by atoms with Crippen LogP contribution in [0.15, 0.2) is 12.7 Å². The second kappa shape index (κ2) is 4.13. The summed E-state index contributed by atoms with van der Waals surface area (Å²) in [4.78, 5) is 15.5. The summed E-state index contributed by atoms with van der Waals surface area (Å²) < 4.78 is 1.47. The van der Waals surface area contributed by atoms with Gasteiger partial charge < -0.3 is 5.32 Å². The van der Waals surface area contributed by atoms with Gasteiger partial charge in [0.2, 0.25) is 5.91 Å². The summed E-state index contributed by atoms with van der Waals surface area (Å²) in [6.45, 7) is 5.26. The largest absolute Gasteiger partial charge is 0.338 e. The Labute approximate surface area is 88.9 Å². The normalized spacial score (nSPS) is 12.9. The fourth-order valence-corrected chi connectivity index (χ4v) is 0.986. The lowest BCUT2D eigenvalue weighted by Gasteiger charge is -2.22. The first kappa shape index (κ1) is 11.2. The van der Waals surface area contributed by atoms with Crippen LogP contribution >= 0.6 is 0 Å². The summed E-state index contributed by atoms with van der Waals surface area (Å²) in [5, 5.41) is 6.62. The van der Waals surface area contributed by atoms with Crippen LogP contribution < -0.4 is 5.32 Å². The van der Waals surface area contributed by atoms with Crippen LogP contribution in [0.1, 0.15) is 26.8 Å². The van der Waals surface area contributed by atoms with E-state index in [4.69, 9.17) is 6.42 Å². The van der Waals surface area contributed by atoms with Gasteiger partial charge in [-0.3, -0.25) is 4.79 Å². The number of aromatic nitrogens is 3. The van der Waals surface area contributed by atoms with E-state index in [9.17, 15) is 4.79 Å². The van der Waals surface area contributed by atoms with Crippen LogP contribution in [0.25, 0.3) is 0 Å². The van der Waals surface area contributed by atoms with Crippen LogP contribution in [-0.2, 0) is 4.79 Å². The van der Waals surface area contributed by atoms with Crippen molar-refractivity contribution < 1.29 is 4.79 Å². The lowest BCUT2D eigenvalue weighted by atomic mass is 10.1. The van der Waals surface area contributed by atoms with Gasteiger partial charge in [0.1, 0.15) is 18.7 Å². The molecule has 1 N–H and O–H groups in total. The molecule has 0 bridgehead atoms. The molecule has 1 amide bonds. The maximum Gasteiger partial charge on any atom is 0.245 e. The zero-order chi connectivity index (χ0) is 11.5. The third-order valence-electron chi connectivity index (χ3n) is 2.01. The first-order valence-electron chi connectivity index (χ1n) is 4.60. The van der Waals surface area contributed by atoms with Crippen molar-refractivity contribution in [2.75, 3.05) is 0 Å². The molecule has 0 saturated carbocycles. The number of nitrogens with one attached hydrogen (secondary N) is 1. The molecule has 1 unspecified atom stereocenters. The Morgan fingerprint density at radius 1 is 1.67 bits per heavy atom. The summed E-state index contributed by atoms with van der Waals surface area (Å²) in [5.74, 6) is 2.32. The van der Waals surface area contributed by atoms with E-state index < -0.39 is 11.6 Å². The van der Waals surface area contributed by atoms with Gasteiger partial charge in [0.25, 0.3) is 0 Å². The Bertz CT molecular complexity index is 375. The monoisotopic (exact) mass is 206 g/mol. The third-order valence-corrected chi connectivity index (χ3v) is 2.01. The highest BCUT2D eigenvalue weighted by molar-refractivity contribution is 5.80. The second-order valence-electron chi connectivity index (χ2n) is 3.81. The van der Waals surface area contributed by atoms with Crippen molar-refractivity contribution in [3.05, 3.63) is 12.7 Å². The van der Waals surface area contributed by atoms with Crippen LogP contribution in [0.5, 0.6) is 0 Å². The quantitative estimate of drug-likeness (QED) is 0.727. The SMILES string of the molecule is C#CC(C)(C)NC(=O)C(C)n1cncn1. The minimum Gasteiger partial charge on any atom is -0.338 e. The molecule has 0 aliphatic carbocycles. The van der Waals surface area contributed by atoms with Gasteiger partial charge >= 0.3 is 0 Å². The van der Waals surface area contributed by atoms with E-state index in [0.29, 0.717) is 0 Å². The number of hydrogen-bond donors (Lipinski definition) is 1. The Hall–Kier alpha value is -1.83. The van der Waals surface area contributed by atoms with E-state index in [1.165, 1.54) is 17.3 Å². The summed E-state index contributed by atoms with van der Waals surface area (Å²) >= 11 is 0. The van der Waals surface area contributed by atoms with Gasteiger partial charge in [-0.05, 0) is 20.8 Å². The minimum atomic E-state index is -0.647. The molecule has 0 aliphatic heterocycles. The summed E-state index contributed by atoms with van der Waals surface area (Å²) in [6.07, 6.45) is 8.15. The zero-order valence-corrected chi connectivity index (χ0v) is 9.06. The van der Waals surface area contributed by atoms with Crippen molar-refractivity contribution in [1.82, 2.24) is 20.1 Å². The lowest BCUT2D eigenvalue weighted by molar-refractivity contribution is -0.125. The van der Waals surface area contributed by atoms with Gasteiger partial charge in [0.05, 0.1) is 5.54 Å². The maximum atomic E-state index is 11.7. The van der Waals surface area contributed by atoms with E-state index >= 15 is 0 Å². The molecule has 15 heavy (non-hydrogen) atoms. The molecule has 5 nitrogen and oxygen atoms in total. The van der Waals surface area contributed by atoms with E-state index in [1.54, 1.807) is 20.8 Å². The molecule has 1 aromatic rings. The third kappa shape index (κ3) is 2.81. The Morgan fingerprint density at radius 3 is 2.80 bits per heavy atom. The van der Waals surface area contributed by atoms with Crippen LogP contribution in [0.4, 0.5) is 0 Å². The van der Waals surface area contributed by atoms with Crippen molar-refractivity contribution >= 4 is 5.91 Å². The van der Waals surface area contributed by atoms with Crippen LogP contribution in [0.3, 0.4) is 0 Å². The number of carbonyl (C=O) groups excluding carboxylic acids is 1. The molecule has 1 aromatic heterocycles. The fraction of sp³-hybridized carbons (Fsp3) is 0.500. The smallest absolute Gasteiger partial charge is 0.245 e. The topological polar surface area (TPSA) is 59.8 Å². The predicted molar refractivity (Wildman–Crippen MR) is 55.8 cm³/mol. The number of amides is 1. The lowest BCUT2D eigenvalue weighted by Crippen LogP contribution is -2.45.